The van der Waals surface area contributed by atoms with Gasteiger partial charge >= 0.3 is 21.1 Å². The van der Waals surface area contributed by atoms with Crippen LogP contribution < -0.4 is 4.98 Å². The fourth-order valence-electron chi connectivity index (χ4n) is 6.25. The first kappa shape index (κ1) is 30.1. The minimum Gasteiger partial charge on any atom is -0.660 e. The largest absolute Gasteiger partial charge is 2.00 e. The first-order chi connectivity index (χ1) is 22.6. The fourth-order valence-corrected chi connectivity index (χ4v) is 6.25. The van der Waals surface area contributed by atoms with Crippen LogP contribution in [0.1, 0.15) is 16.8 Å². The molecule has 0 saturated heterocycles. The number of pyridine rings is 1. The molecule has 0 aliphatic carbocycles. The normalized spacial score (nSPS) is 11.0. The van der Waals surface area contributed by atoms with Crippen LogP contribution in [0.15, 0.2) is 128 Å². The Balaban J connectivity index is 0.00000351. The Kier molecular flexibility index (Phi) is 7.90. The average Bonchev–Trinajstić information content (AvgIpc) is 3.65. The number of para-hydroxylation sites is 3. The molecule has 0 unspecified atom stereocenters. The molecule has 0 fully saturated rings. The minimum absolute atomic E-state index is 0. The van der Waals surface area contributed by atoms with Gasteiger partial charge in [0.15, 0.2) is 0 Å². The summed E-state index contributed by atoms with van der Waals surface area (Å²) < 4.78 is 2.22. The van der Waals surface area contributed by atoms with Gasteiger partial charge in [-0.2, -0.15) is 11.0 Å². The predicted octanol–water partition coefficient (Wildman–Crippen LogP) is 9.49. The number of fused-ring (bicyclic) bond motifs is 2. The molecule has 0 N–H and O–H groups in total. The monoisotopic (exact) mass is 784 g/mol. The Bertz CT molecular complexity index is 2450. The summed E-state index contributed by atoms with van der Waals surface area (Å²) in [4.78, 5) is 15.1. The molecule has 3 heterocycles. The van der Waals surface area contributed by atoms with Crippen molar-refractivity contribution in [1.29, 1.82) is 5.26 Å². The second-order valence-electron chi connectivity index (χ2n) is 11.4. The van der Waals surface area contributed by atoms with Crippen molar-refractivity contribution < 1.29 is 21.1 Å². The summed E-state index contributed by atoms with van der Waals surface area (Å²) in [5, 5.41) is 11.1. The number of imidazole rings is 1. The number of nitrogens with zero attached hydrogens (tertiary/aromatic N) is 5. The average molecular weight is 785 g/mol. The summed E-state index contributed by atoms with van der Waals surface area (Å²) in [7, 11) is 0. The van der Waals surface area contributed by atoms with E-state index in [0.29, 0.717) is 11.3 Å². The van der Waals surface area contributed by atoms with Gasteiger partial charge in [0.25, 0.3) is 0 Å². The molecule has 0 spiro atoms. The molecule has 0 amide bonds. The SMILES string of the molecule is Cc1[n-]c2c(-c3nc4c(-c5[c-]c(-c6cc(C#N)c(-c7ccccc7)cn6)ccc5)cccc4n3-c3ccccc3)cccc2c1C.[Pt+2]. The first-order valence-corrected chi connectivity index (χ1v) is 15.2. The fraction of sp³-hybridized carbons (Fsp3) is 0.0488. The van der Waals surface area contributed by atoms with Crippen LogP contribution in [0, 0.1) is 31.2 Å². The molecule has 0 aliphatic rings. The van der Waals surface area contributed by atoms with Crippen LogP contribution in [0.2, 0.25) is 0 Å². The molecule has 0 aliphatic heterocycles. The van der Waals surface area contributed by atoms with Crippen molar-refractivity contribution >= 4 is 21.9 Å². The van der Waals surface area contributed by atoms with E-state index in [0.717, 1.165) is 72.5 Å². The van der Waals surface area contributed by atoms with E-state index in [1.165, 1.54) is 5.56 Å². The van der Waals surface area contributed by atoms with Gasteiger partial charge in [-0.25, -0.2) is 4.98 Å². The maximum absolute atomic E-state index is 10.00. The van der Waals surface area contributed by atoms with Crippen LogP contribution in [0.3, 0.4) is 0 Å². The number of aryl methyl sites for hydroxylation is 2. The van der Waals surface area contributed by atoms with Gasteiger partial charge < -0.3 is 4.98 Å². The molecule has 3 aromatic heterocycles. The molecule has 226 valence electrons. The Morgan fingerprint density at radius 2 is 1.45 bits per heavy atom. The first-order valence-electron chi connectivity index (χ1n) is 15.2. The van der Waals surface area contributed by atoms with Crippen LogP contribution in [0.4, 0.5) is 0 Å². The molecule has 0 bridgehead atoms. The van der Waals surface area contributed by atoms with Crippen LogP contribution in [-0.2, 0) is 21.1 Å². The van der Waals surface area contributed by atoms with Gasteiger partial charge in [-0.15, -0.1) is 35.3 Å². The van der Waals surface area contributed by atoms with Crippen molar-refractivity contribution in [2.24, 2.45) is 0 Å². The molecule has 5 nitrogen and oxygen atoms in total. The molecule has 47 heavy (non-hydrogen) atoms. The molecule has 6 heteroatoms. The van der Waals surface area contributed by atoms with Crippen molar-refractivity contribution in [2.45, 2.75) is 13.8 Å². The van der Waals surface area contributed by atoms with Crippen molar-refractivity contribution in [3.8, 4) is 56.7 Å². The molecular formula is C41H27N5Pt. The standard InChI is InChI=1S/C41H27N5.Pt/c1-26-27(2)44-39-33(26)18-10-20-35(39)41-45-40-34(19-11-21-38(40)46(41)32-16-7-4-8-17-32)29-14-9-15-30(22-29)37-23-31(24-42)36(25-43-37)28-12-5-3-6-13-28;/h3-21,23,25H,1-2H3;/q-2;+2. The summed E-state index contributed by atoms with van der Waals surface area (Å²) in [6, 6.07) is 46.7. The molecule has 8 rings (SSSR count). The number of benzene rings is 5. The van der Waals surface area contributed by atoms with Crippen molar-refractivity contribution in [3.63, 3.8) is 0 Å². The Hall–Kier alpha value is -5.56. The van der Waals surface area contributed by atoms with Crippen molar-refractivity contribution in [3.05, 3.63) is 150 Å². The maximum atomic E-state index is 10.00. The van der Waals surface area contributed by atoms with E-state index >= 15 is 0 Å². The summed E-state index contributed by atoms with van der Waals surface area (Å²) in [6.45, 7) is 4.18. The second-order valence-corrected chi connectivity index (χ2v) is 11.4. The zero-order valence-corrected chi connectivity index (χ0v) is 27.9. The third-order valence-corrected chi connectivity index (χ3v) is 8.67. The van der Waals surface area contributed by atoms with Gasteiger partial charge in [-0.3, -0.25) is 9.55 Å². The van der Waals surface area contributed by atoms with Crippen molar-refractivity contribution in [2.75, 3.05) is 0 Å². The van der Waals surface area contributed by atoms with Gasteiger partial charge in [0, 0.05) is 28.7 Å². The Morgan fingerprint density at radius 1 is 0.745 bits per heavy atom. The molecule has 0 saturated carbocycles. The van der Waals surface area contributed by atoms with Gasteiger partial charge in [-0.1, -0.05) is 109 Å². The topological polar surface area (TPSA) is 68.6 Å². The Labute approximate surface area is 287 Å². The summed E-state index contributed by atoms with van der Waals surface area (Å²) >= 11 is 0. The molecule has 8 aromatic rings. The maximum Gasteiger partial charge on any atom is 2.00 e. The van der Waals surface area contributed by atoms with E-state index in [2.05, 4.69) is 85.1 Å². The minimum atomic E-state index is 0. The van der Waals surface area contributed by atoms with Crippen LogP contribution in [0.5, 0.6) is 0 Å². The summed E-state index contributed by atoms with van der Waals surface area (Å²) in [5.74, 6) is 0.838. The van der Waals surface area contributed by atoms with Crippen LogP contribution in [-0.4, -0.2) is 14.5 Å². The zero-order chi connectivity index (χ0) is 31.2. The number of hydrogen-bond acceptors (Lipinski definition) is 3. The van der Waals surface area contributed by atoms with Gasteiger partial charge in [0.1, 0.15) is 5.82 Å². The van der Waals surface area contributed by atoms with E-state index in [4.69, 9.17) is 15.0 Å². The third kappa shape index (κ3) is 5.18. The van der Waals surface area contributed by atoms with E-state index < -0.39 is 0 Å². The van der Waals surface area contributed by atoms with E-state index in [1.807, 2.05) is 66.7 Å². The van der Waals surface area contributed by atoms with Crippen LogP contribution in [0.25, 0.3) is 72.5 Å². The van der Waals surface area contributed by atoms with E-state index in [9.17, 15) is 5.26 Å². The molecule has 0 radical (unpaired) electrons. The smallest absolute Gasteiger partial charge is 0.660 e. The summed E-state index contributed by atoms with van der Waals surface area (Å²) in [5.41, 5.74) is 12.8. The number of nitriles is 1. The number of rotatable bonds is 5. The number of aromatic nitrogens is 4. The Morgan fingerprint density at radius 3 is 2.23 bits per heavy atom. The van der Waals surface area contributed by atoms with Crippen molar-refractivity contribution in [1.82, 2.24) is 19.5 Å². The second kappa shape index (κ2) is 12.3. The summed E-state index contributed by atoms with van der Waals surface area (Å²) in [6.07, 6.45) is 1.78. The van der Waals surface area contributed by atoms with E-state index in [-0.39, 0.29) is 21.1 Å². The van der Waals surface area contributed by atoms with Gasteiger partial charge in [-0.05, 0) is 36.1 Å². The van der Waals surface area contributed by atoms with E-state index in [1.54, 1.807) is 6.20 Å². The third-order valence-electron chi connectivity index (χ3n) is 8.67. The molecule has 5 aromatic carbocycles. The van der Waals surface area contributed by atoms with Gasteiger partial charge in [0.2, 0.25) is 0 Å². The zero-order valence-electron chi connectivity index (χ0n) is 25.7. The predicted molar refractivity (Wildman–Crippen MR) is 184 cm³/mol. The van der Waals surface area contributed by atoms with Crippen LogP contribution >= 0.6 is 0 Å². The molecular weight excluding hydrogens is 758 g/mol. The van der Waals surface area contributed by atoms with Gasteiger partial charge in [0.05, 0.1) is 22.7 Å². The number of hydrogen-bond donors (Lipinski definition) is 0. The molecule has 0 atom stereocenters. The quantitative estimate of drug-likeness (QED) is 0.163.